The van der Waals surface area contributed by atoms with Crippen LogP contribution in [0.25, 0.3) is 0 Å². The van der Waals surface area contributed by atoms with Gasteiger partial charge in [-0.3, -0.25) is 10.4 Å². The lowest BCUT2D eigenvalue weighted by molar-refractivity contribution is 0.408. The zero-order chi connectivity index (χ0) is 9.11. The highest BCUT2D eigenvalue weighted by molar-refractivity contribution is 5.55. The SMILES string of the molecule is CC.CC.CN1C=CN=CN1. The van der Waals surface area contributed by atoms with Gasteiger partial charge in [0, 0.05) is 19.4 Å². The third-order valence-electron chi connectivity index (χ3n) is 0.712. The highest BCUT2D eigenvalue weighted by atomic mass is 15.5. The zero-order valence-electron chi connectivity index (χ0n) is 8.13. The number of hydrogen-bond donors (Lipinski definition) is 1. The fraction of sp³-hybridized carbons (Fsp3) is 0.625. The van der Waals surface area contributed by atoms with E-state index in [-0.39, 0.29) is 0 Å². The van der Waals surface area contributed by atoms with Crippen LogP contribution < -0.4 is 5.43 Å². The summed E-state index contributed by atoms with van der Waals surface area (Å²) in [5, 5.41) is 1.81. The van der Waals surface area contributed by atoms with Crippen LogP contribution in [0.5, 0.6) is 0 Å². The van der Waals surface area contributed by atoms with Crippen LogP contribution in [-0.2, 0) is 0 Å². The van der Waals surface area contributed by atoms with Gasteiger partial charge in [-0.25, -0.2) is 4.99 Å². The minimum atomic E-state index is 1.62. The average molecular weight is 157 g/mol. The second kappa shape index (κ2) is 11.8. The molecule has 1 aliphatic heterocycles. The van der Waals surface area contributed by atoms with E-state index in [0.717, 1.165) is 0 Å². The number of hydrogen-bond acceptors (Lipinski definition) is 3. The van der Waals surface area contributed by atoms with Crippen molar-refractivity contribution >= 4 is 6.34 Å². The van der Waals surface area contributed by atoms with Crippen molar-refractivity contribution in [3.8, 4) is 0 Å². The predicted molar refractivity (Wildman–Crippen MR) is 51.2 cm³/mol. The lowest BCUT2D eigenvalue weighted by Gasteiger charge is -2.13. The maximum Gasteiger partial charge on any atom is 0.107 e. The van der Waals surface area contributed by atoms with Gasteiger partial charge >= 0.3 is 0 Å². The van der Waals surface area contributed by atoms with Crippen molar-refractivity contribution in [1.82, 2.24) is 10.4 Å². The molecule has 1 aliphatic rings. The van der Waals surface area contributed by atoms with Gasteiger partial charge in [-0.2, -0.15) is 0 Å². The quantitative estimate of drug-likeness (QED) is 0.582. The number of aliphatic imine (C=N–C) groups is 1. The van der Waals surface area contributed by atoms with Crippen LogP contribution in [0.3, 0.4) is 0 Å². The second-order valence-corrected chi connectivity index (χ2v) is 1.32. The van der Waals surface area contributed by atoms with Crippen LogP contribution in [0.4, 0.5) is 0 Å². The van der Waals surface area contributed by atoms with Crippen LogP contribution in [0.15, 0.2) is 17.4 Å². The van der Waals surface area contributed by atoms with Crippen molar-refractivity contribution in [1.29, 1.82) is 0 Å². The van der Waals surface area contributed by atoms with E-state index in [1.807, 2.05) is 46.0 Å². The number of hydrazine groups is 1. The smallest absolute Gasteiger partial charge is 0.107 e. The van der Waals surface area contributed by atoms with E-state index in [2.05, 4.69) is 10.4 Å². The Morgan fingerprint density at radius 3 is 1.91 bits per heavy atom. The van der Waals surface area contributed by atoms with Crippen molar-refractivity contribution in [3.63, 3.8) is 0 Å². The monoisotopic (exact) mass is 157 g/mol. The van der Waals surface area contributed by atoms with Crippen molar-refractivity contribution < 1.29 is 0 Å². The Balaban J connectivity index is 0. The van der Waals surface area contributed by atoms with Crippen LogP contribution in [-0.4, -0.2) is 18.4 Å². The summed E-state index contributed by atoms with van der Waals surface area (Å²) in [5.74, 6) is 0. The van der Waals surface area contributed by atoms with Crippen LogP contribution in [0.2, 0.25) is 0 Å². The standard InChI is InChI=1S/C4H7N3.2C2H6/c1-7-3-2-5-4-6-7;2*1-2/h2-4H,1H3,(H,5,6);2*1-2H3. The molecule has 0 aromatic carbocycles. The number of rotatable bonds is 0. The third kappa shape index (κ3) is 9.01. The average Bonchev–Trinajstić information content (AvgIpc) is 2.13. The van der Waals surface area contributed by atoms with Gasteiger partial charge < -0.3 is 0 Å². The molecule has 0 aliphatic carbocycles. The Bertz CT molecular complexity index is 108. The summed E-state index contributed by atoms with van der Waals surface area (Å²) in [4.78, 5) is 3.77. The molecule has 0 saturated carbocycles. The molecule has 1 N–H and O–H groups in total. The van der Waals surface area contributed by atoms with E-state index in [0.29, 0.717) is 0 Å². The molecule has 0 bridgehead atoms. The summed E-state index contributed by atoms with van der Waals surface area (Å²) >= 11 is 0. The van der Waals surface area contributed by atoms with E-state index in [4.69, 9.17) is 0 Å². The molecule has 66 valence electrons. The Hall–Kier alpha value is -0.990. The van der Waals surface area contributed by atoms with E-state index in [1.165, 1.54) is 0 Å². The molecule has 0 fully saturated rings. The fourth-order valence-corrected chi connectivity index (χ4v) is 0.349. The molecule has 3 nitrogen and oxygen atoms in total. The molecule has 0 unspecified atom stereocenters. The summed E-state index contributed by atoms with van der Waals surface area (Å²) in [5.41, 5.74) is 2.84. The van der Waals surface area contributed by atoms with Gasteiger partial charge in [0.05, 0.1) is 0 Å². The lowest BCUT2D eigenvalue weighted by atomic mass is 10.8. The number of nitrogens with zero attached hydrogens (tertiary/aromatic N) is 2. The van der Waals surface area contributed by atoms with Gasteiger partial charge in [-0.05, 0) is 0 Å². The van der Waals surface area contributed by atoms with Crippen LogP contribution >= 0.6 is 0 Å². The molecule has 1 heterocycles. The van der Waals surface area contributed by atoms with E-state index >= 15 is 0 Å². The van der Waals surface area contributed by atoms with Gasteiger partial charge in [0.2, 0.25) is 0 Å². The van der Waals surface area contributed by atoms with Crippen LogP contribution in [0.1, 0.15) is 27.7 Å². The molecule has 0 atom stereocenters. The fourth-order valence-electron chi connectivity index (χ4n) is 0.349. The minimum Gasteiger partial charge on any atom is -0.296 e. The molecular weight excluding hydrogens is 138 g/mol. The first kappa shape index (κ1) is 12.7. The summed E-state index contributed by atoms with van der Waals surface area (Å²) in [6.45, 7) is 8.00. The zero-order valence-corrected chi connectivity index (χ0v) is 8.13. The Morgan fingerprint density at radius 1 is 1.18 bits per heavy atom. The Labute approximate surface area is 69.8 Å². The van der Waals surface area contributed by atoms with E-state index in [1.54, 1.807) is 12.5 Å². The molecule has 11 heavy (non-hydrogen) atoms. The summed E-state index contributed by atoms with van der Waals surface area (Å²) < 4.78 is 0. The van der Waals surface area contributed by atoms with Gasteiger partial charge in [0.25, 0.3) is 0 Å². The summed E-state index contributed by atoms with van der Waals surface area (Å²) in [6, 6.07) is 0. The van der Waals surface area contributed by atoms with E-state index < -0.39 is 0 Å². The van der Waals surface area contributed by atoms with Crippen molar-refractivity contribution in [2.24, 2.45) is 4.99 Å². The molecule has 0 aromatic heterocycles. The summed E-state index contributed by atoms with van der Waals surface area (Å²) in [7, 11) is 1.90. The molecule has 0 aromatic rings. The molecule has 0 amide bonds. The van der Waals surface area contributed by atoms with Crippen molar-refractivity contribution in [2.45, 2.75) is 27.7 Å². The molecular formula is C8H19N3. The molecule has 0 saturated heterocycles. The first-order valence-electron chi connectivity index (χ1n) is 4.07. The van der Waals surface area contributed by atoms with Gasteiger partial charge in [-0.1, -0.05) is 27.7 Å². The minimum absolute atomic E-state index is 1.62. The molecule has 0 spiro atoms. The van der Waals surface area contributed by atoms with Gasteiger partial charge in [0.1, 0.15) is 6.34 Å². The lowest BCUT2D eigenvalue weighted by Crippen LogP contribution is -2.29. The first-order chi connectivity index (χ1) is 5.39. The highest BCUT2D eigenvalue weighted by Crippen LogP contribution is 1.81. The highest BCUT2D eigenvalue weighted by Gasteiger charge is 1.84. The normalized spacial score (nSPS) is 11.9. The largest absolute Gasteiger partial charge is 0.296 e. The van der Waals surface area contributed by atoms with Gasteiger partial charge in [0.15, 0.2) is 0 Å². The second-order valence-electron chi connectivity index (χ2n) is 1.32. The predicted octanol–water partition coefficient (Wildman–Crippen LogP) is 1.99. The maximum atomic E-state index is 3.77. The van der Waals surface area contributed by atoms with Crippen molar-refractivity contribution in [2.75, 3.05) is 7.05 Å². The maximum absolute atomic E-state index is 3.77. The first-order valence-corrected chi connectivity index (χ1v) is 4.07. The van der Waals surface area contributed by atoms with Gasteiger partial charge in [-0.15, -0.1) is 0 Å². The van der Waals surface area contributed by atoms with Crippen LogP contribution in [0, 0.1) is 0 Å². The Morgan fingerprint density at radius 2 is 1.73 bits per heavy atom. The van der Waals surface area contributed by atoms with Crippen molar-refractivity contribution in [3.05, 3.63) is 12.4 Å². The summed E-state index contributed by atoms with van der Waals surface area (Å²) in [6.07, 6.45) is 5.18. The Kier molecular flexibility index (Phi) is 13.5. The molecule has 0 radical (unpaired) electrons. The van der Waals surface area contributed by atoms with E-state index in [9.17, 15) is 0 Å². The third-order valence-corrected chi connectivity index (χ3v) is 0.712. The topological polar surface area (TPSA) is 27.6 Å². The number of nitrogens with one attached hydrogen (secondary N) is 1. The molecule has 1 rings (SSSR count). The molecule has 3 heteroatoms.